The molecule has 18 heavy (non-hydrogen) atoms. The van der Waals surface area contributed by atoms with E-state index in [0.717, 1.165) is 18.8 Å². The van der Waals surface area contributed by atoms with E-state index in [-0.39, 0.29) is 17.5 Å². The molecule has 0 heterocycles. The van der Waals surface area contributed by atoms with Crippen molar-refractivity contribution in [2.45, 2.75) is 79.8 Å². The van der Waals surface area contributed by atoms with Crippen molar-refractivity contribution in [1.82, 2.24) is 0 Å². The summed E-state index contributed by atoms with van der Waals surface area (Å²) >= 11 is 0. The van der Waals surface area contributed by atoms with Gasteiger partial charge in [0.2, 0.25) is 0 Å². The second kappa shape index (κ2) is 5.63. The molecule has 0 aliphatic heterocycles. The van der Waals surface area contributed by atoms with Gasteiger partial charge in [0.25, 0.3) is 0 Å². The van der Waals surface area contributed by atoms with Crippen LogP contribution in [0.4, 0.5) is 0 Å². The van der Waals surface area contributed by atoms with E-state index in [0.29, 0.717) is 11.8 Å². The second-order valence-electron chi connectivity index (χ2n) is 8.07. The Hall–Kier alpha value is -0.530. The van der Waals surface area contributed by atoms with E-state index in [1.165, 1.54) is 12.8 Å². The molecule has 0 aromatic carbocycles. The van der Waals surface area contributed by atoms with Gasteiger partial charge in [-0.25, -0.2) is 0 Å². The first-order valence-corrected chi connectivity index (χ1v) is 7.27. The van der Waals surface area contributed by atoms with Crippen molar-refractivity contribution in [3.05, 3.63) is 0 Å². The third-order valence-electron chi connectivity index (χ3n) is 3.87. The second-order valence-corrected chi connectivity index (χ2v) is 8.07. The summed E-state index contributed by atoms with van der Waals surface area (Å²) in [5, 5.41) is 0. The van der Waals surface area contributed by atoms with Crippen molar-refractivity contribution in [3.8, 4) is 0 Å². The third-order valence-corrected chi connectivity index (χ3v) is 3.87. The predicted molar refractivity (Wildman–Crippen MR) is 75.4 cm³/mol. The van der Waals surface area contributed by atoms with Crippen LogP contribution in [0.1, 0.15) is 73.6 Å². The Morgan fingerprint density at radius 3 is 1.89 bits per heavy atom. The number of carbonyl (C=O) groups is 1. The lowest BCUT2D eigenvalue weighted by Gasteiger charge is -2.36. The normalized spacial score (nSPS) is 25.9. The Kier molecular flexibility index (Phi) is 4.85. The average Bonchev–Trinajstić information content (AvgIpc) is 2.13. The van der Waals surface area contributed by atoms with Gasteiger partial charge >= 0.3 is 5.97 Å². The highest BCUT2D eigenvalue weighted by Gasteiger charge is 2.31. The molecular formula is C16H30O2. The summed E-state index contributed by atoms with van der Waals surface area (Å²) in [5.41, 5.74) is 0.417. The van der Waals surface area contributed by atoms with Crippen molar-refractivity contribution in [2.75, 3.05) is 0 Å². The van der Waals surface area contributed by atoms with Crippen molar-refractivity contribution in [3.63, 3.8) is 0 Å². The largest absolute Gasteiger partial charge is 0.462 e. The van der Waals surface area contributed by atoms with Gasteiger partial charge in [0.1, 0.15) is 6.10 Å². The van der Waals surface area contributed by atoms with Crippen molar-refractivity contribution in [2.24, 2.45) is 16.7 Å². The summed E-state index contributed by atoms with van der Waals surface area (Å²) in [4.78, 5) is 11.8. The molecule has 1 fully saturated rings. The molecule has 0 radical (unpaired) electrons. The van der Waals surface area contributed by atoms with E-state index in [4.69, 9.17) is 4.74 Å². The first kappa shape index (κ1) is 15.5. The van der Waals surface area contributed by atoms with E-state index in [1.54, 1.807) is 0 Å². The number of esters is 1. The van der Waals surface area contributed by atoms with Crippen LogP contribution in [0.5, 0.6) is 0 Å². The molecule has 1 aliphatic rings. The number of rotatable bonds is 2. The number of ether oxygens (including phenoxy) is 1. The smallest absolute Gasteiger partial charge is 0.306 e. The van der Waals surface area contributed by atoms with Crippen LogP contribution >= 0.6 is 0 Å². The molecule has 0 N–H and O–H groups in total. The van der Waals surface area contributed by atoms with Gasteiger partial charge in [-0.3, -0.25) is 4.79 Å². The molecule has 0 spiro atoms. The van der Waals surface area contributed by atoms with Crippen LogP contribution < -0.4 is 0 Å². The fraction of sp³-hybridized carbons (Fsp3) is 0.938. The summed E-state index contributed by atoms with van der Waals surface area (Å²) in [6, 6.07) is 0. The molecular weight excluding hydrogens is 224 g/mol. The van der Waals surface area contributed by atoms with Gasteiger partial charge in [-0.1, -0.05) is 41.5 Å². The molecule has 0 atom stereocenters. The van der Waals surface area contributed by atoms with Crippen molar-refractivity contribution in [1.29, 1.82) is 0 Å². The van der Waals surface area contributed by atoms with Crippen LogP contribution in [-0.2, 0) is 9.53 Å². The van der Waals surface area contributed by atoms with E-state index in [1.807, 2.05) is 0 Å². The van der Waals surface area contributed by atoms with Gasteiger partial charge in [-0.05, 0) is 42.4 Å². The van der Waals surface area contributed by atoms with Gasteiger partial charge in [-0.15, -0.1) is 0 Å². The maximum atomic E-state index is 11.8. The van der Waals surface area contributed by atoms with E-state index < -0.39 is 0 Å². The fourth-order valence-electron chi connectivity index (χ4n) is 2.71. The molecule has 0 saturated heterocycles. The highest BCUT2D eigenvalue weighted by molar-refractivity contribution is 5.70. The molecule has 1 rings (SSSR count). The maximum absolute atomic E-state index is 11.8. The number of hydrogen-bond acceptors (Lipinski definition) is 2. The zero-order valence-corrected chi connectivity index (χ0v) is 13.0. The van der Waals surface area contributed by atoms with Gasteiger partial charge in [0.15, 0.2) is 0 Å². The summed E-state index contributed by atoms with van der Waals surface area (Å²) in [7, 11) is 0. The van der Waals surface area contributed by atoms with Crippen LogP contribution in [-0.4, -0.2) is 12.1 Å². The van der Waals surface area contributed by atoms with Crippen LogP contribution in [0.25, 0.3) is 0 Å². The first-order valence-electron chi connectivity index (χ1n) is 7.27. The predicted octanol–water partition coefficient (Wildman–Crippen LogP) is 4.57. The van der Waals surface area contributed by atoms with Crippen LogP contribution in [0.2, 0.25) is 0 Å². The molecule has 106 valence electrons. The zero-order chi connectivity index (χ0) is 14.0. The molecule has 1 aliphatic carbocycles. The number of carbonyl (C=O) groups excluding carboxylic acids is 1. The average molecular weight is 254 g/mol. The molecule has 0 bridgehead atoms. The fourth-order valence-corrected chi connectivity index (χ4v) is 2.71. The van der Waals surface area contributed by atoms with Gasteiger partial charge < -0.3 is 4.74 Å². The standard InChI is InChI=1S/C16H30O2/c1-15(2,3)11-14(17)18-13-9-7-12(8-10-13)16(4,5)6/h12-13H,7-11H2,1-6H3. The minimum Gasteiger partial charge on any atom is -0.462 e. The summed E-state index contributed by atoms with van der Waals surface area (Å²) < 4.78 is 5.59. The Morgan fingerprint density at radius 2 is 1.50 bits per heavy atom. The van der Waals surface area contributed by atoms with Crippen molar-refractivity contribution >= 4 is 5.97 Å². The number of hydrogen-bond donors (Lipinski definition) is 0. The van der Waals surface area contributed by atoms with Crippen LogP contribution in [0, 0.1) is 16.7 Å². The lowest BCUT2D eigenvalue weighted by molar-refractivity contribution is -0.153. The van der Waals surface area contributed by atoms with Crippen LogP contribution in [0.3, 0.4) is 0 Å². The van der Waals surface area contributed by atoms with Gasteiger partial charge in [0, 0.05) is 0 Å². The Balaban J connectivity index is 2.34. The quantitative estimate of drug-likeness (QED) is 0.675. The molecule has 2 heteroatoms. The highest BCUT2D eigenvalue weighted by Crippen LogP contribution is 2.38. The topological polar surface area (TPSA) is 26.3 Å². The lowest BCUT2D eigenvalue weighted by atomic mass is 9.72. The Bertz CT molecular complexity index is 272. The molecule has 1 saturated carbocycles. The van der Waals surface area contributed by atoms with Crippen LogP contribution in [0.15, 0.2) is 0 Å². The minimum atomic E-state index is -0.0262. The molecule has 0 amide bonds. The molecule has 0 aromatic heterocycles. The van der Waals surface area contributed by atoms with Crippen molar-refractivity contribution < 1.29 is 9.53 Å². The maximum Gasteiger partial charge on any atom is 0.306 e. The Labute approximate surface area is 112 Å². The summed E-state index contributed by atoms with van der Waals surface area (Å²) in [5.74, 6) is 0.747. The minimum absolute atomic E-state index is 0.0262. The Morgan fingerprint density at radius 1 is 1.00 bits per heavy atom. The summed E-state index contributed by atoms with van der Waals surface area (Å²) in [6.45, 7) is 13.1. The summed E-state index contributed by atoms with van der Waals surface area (Å²) in [6.07, 6.45) is 5.15. The monoisotopic (exact) mass is 254 g/mol. The molecule has 2 nitrogen and oxygen atoms in total. The van der Waals surface area contributed by atoms with E-state index in [2.05, 4.69) is 41.5 Å². The molecule has 0 unspecified atom stereocenters. The highest BCUT2D eigenvalue weighted by atomic mass is 16.5. The third kappa shape index (κ3) is 5.41. The van der Waals surface area contributed by atoms with Gasteiger partial charge in [-0.2, -0.15) is 0 Å². The zero-order valence-electron chi connectivity index (χ0n) is 13.0. The lowest BCUT2D eigenvalue weighted by Crippen LogP contribution is -2.31. The van der Waals surface area contributed by atoms with Gasteiger partial charge in [0.05, 0.1) is 6.42 Å². The first-order chi connectivity index (χ1) is 8.08. The van der Waals surface area contributed by atoms with E-state index in [9.17, 15) is 4.79 Å². The molecule has 0 aromatic rings. The SMILES string of the molecule is CC(C)(C)CC(=O)OC1CCC(C(C)(C)C)CC1. The van der Waals surface area contributed by atoms with E-state index >= 15 is 0 Å².